The second-order valence-corrected chi connectivity index (χ2v) is 15.1. The fraction of sp³-hybridized carbons (Fsp3) is 0.886. The standard InChI is InChI=1S/C35H58N2O11/c1-12-26-35(9,42)31-19(4)27(36-22(7)38)17(2)14-34(8,44-16-25-24(46-25)15-43-31)30(20(5)28(39)21(6)32(41)47-26)48-33-29(40)23(37(10)11)13-18(3)45-33/h17-21,23-26,29-31,33,40,42H,12-16H2,1-11H3/t17-,18-,19+,20-,21?,23+,24?,25?,26-,29-,30-,31-,33+,34+,35-/m1/s1. The lowest BCUT2D eigenvalue weighted by Crippen LogP contribution is -2.60. The largest absolute Gasteiger partial charge is 0.459 e. The van der Waals surface area contributed by atoms with E-state index in [2.05, 4.69) is 4.99 Å². The van der Waals surface area contributed by atoms with Crippen molar-refractivity contribution in [3.8, 4) is 0 Å². The summed E-state index contributed by atoms with van der Waals surface area (Å²) in [6, 6.07) is -0.271. The highest BCUT2D eigenvalue weighted by Crippen LogP contribution is 2.41. The van der Waals surface area contributed by atoms with Crippen LogP contribution in [0.4, 0.5) is 0 Å². The highest BCUT2D eigenvalue weighted by molar-refractivity contribution is 6.00. The van der Waals surface area contributed by atoms with Crippen LogP contribution in [0.2, 0.25) is 0 Å². The van der Waals surface area contributed by atoms with Gasteiger partial charge in [0.1, 0.15) is 35.9 Å². The van der Waals surface area contributed by atoms with Crippen LogP contribution in [-0.4, -0.2) is 132 Å². The molecule has 1 amide bonds. The Hall–Kier alpha value is -1.84. The summed E-state index contributed by atoms with van der Waals surface area (Å²) in [6.45, 7) is 15.6. The van der Waals surface area contributed by atoms with Crippen molar-refractivity contribution in [1.82, 2.24) is 4.90 Å². The van der Waals surface area contributed by atoms with Gasteiger partial charge in [0.05, 0.1) is 37.1 Å². The van der Waals surface area contributed by atoms with Gasteiger partial charge < -0.3 is 43.5 Å². The second-order valence-electron chi connectivity index (χ2n) is 15.1. The molecule has 4 aliphatic heterocycles. The molecule has 0 aliphatic carbocycles. The van der Waals surface area contributed by atoms with E-state index >= 15 is 0 Å². The molecule has 4 fully saturated rings. The molecule has 274 valence electrons. The highest BCUT2D eigenvalue weighted by atomic mass is 16.7. The number of ether oxygens (including phenoxy) is 6. The minimum Gasteiger partial charge on any atom is -0.459 e. The molecule has 4 saturated heterocycles. The van der Waals surface area contributed by atoms with Crippen molar-refractivity contribution < 1.29 is 53.0 Å². The summed E-state index contributed by atoms with van der Waals surface area (Å²) < 4.78 is 37.8. The Bertz CT molecular complexity index is 1210. The van der Waals surface area contributed by atoms with Crippen molar-refractivity contribution in [3.05, 3.63) is 0 Å². The number of aliphatic imine (C=N–C) groups is 1. The Kier molecular flexibility index (Phi) is 12.3. The van der Waals surface area contributed by atoms with Crippen LogP contribution >= 0.6 is 0 Å². The average molecular weight is 683 g/mol. The molecule has 2 bridgehead atoms. The number of Topliss-reactive ketones (excluding diaryl/α,β-unsaturated/α-hetero) is 1. The first kappa shape index (κ1) is 39.0. The molecule has 0 aromatic heterocycles. The van der Waals surface area contributed by atoms with Gasteiger partial charge in [0.15, 0.2) is 12.1 Å². The summed E-state index contributed by atoms with van der Waals surface area (Å²) in [5, 5.41) is 23.6. The van der Waals surface area contributed by atoms with Crippen molar-refractivity contribution in [3.63, 3.8) is 0 Å². The van der Waals surface area contributed by atoms with Crippen LogP contribution in [0.1, 0.15) is 81.6 Å². The molecule has 0 radical (unpaired) electrons. The van der Waals surface area contributed by atoms with Crippen LogP contribution in [0.15, 0.2) is 4.99 Å². The van der Waals surface area contributed by atoms with Crippen LogP contribution in [0.5, 0.6) is 0 Å². The monoisotopic (exact) mass is 682 g/mol. The zero-order valence-electron chi connectivity index (χ0n) is 30.5. The van der Waals surface area contributed by atoms with E-state index < -0.39 is 83.2 Å². The third-order valence-corrected chi connectivity index (χ3v) is 10.8. The quantitative estimate of drug-likeness (QED) is 0.253. The van der Waals surface area contributed by atoms with Crippen molar-refractivity contribution in [2.75, 3.05) is 27.3 Å². The van der Waals surface area contributed by atoms with Crippen molar-refractivity contribution >= 4 is 23.4 Å². The fourth-order valence-electron chi connectivity index (χ4n) is 8.02. The average Bonchev–Trinajstić information content (AvgIpc) is 3.77. The number of likely N-dealkylation sites (N-methyl/N-ethyl adjacent to an activating group) is 1. The lowest BCUT2D eigenvalue weighted by Gasteiger charge is -2.48. The molecule has 15 atom stereocenters. The topological polar surface area (TPSA) is 166 Å². The van der Waals surface area contributed by atoms with E-state index in [0.717, 1.165) is 0 Å². The first-order chi connectivity index (χ1) is 22.3. The normalized spacial score (nSPS) is 47.3. The molecule has 4 aliphatic rings. The lowest BCUT2D eigenvalue weighted by atomic mass is 9.73. The molecule has 48 heavy (non-hydrogen) atoms. The maximum atomic E-state index is 14.2. The van der Waals surface area contributed by atoms with Gasteiger partial charge in [-0.3, -0.25) is 14.4 Å². The van der Waals surface area contributed by atoms with Crippen LogP contribution in [0.25, 0.3) is 0 Å². The second kappa shape index (κ2) is 15.2. The number of amides is 1. The van der Waals surface area contributed by atoms with E-state index in [9.17, 15) is 24.6 Å². The summed E-state index contributed by atoms with van der Waals surface area (Å²) in [5.41, 5.74) is -2.50. The fourth-order valence-corrected chi connectivity index (χ4v) is 8.02. The molecule has 13 heteroatoms. The van der Waals surface area contributed by atoms with Gasteiger partial charge >= 0.3 is 5.97 Å². The van der Waals surface area contributed by atoms with Crippen LogP contribution in [0.3, 0.4) is 0 Å². The molecular formula is C35H58N2O11. The molecular weight excluding hydrogens is 624 g/mol. The Balaban J connectivity index is 1.90. The minimum atomic E-state index is -1.73. The number of aliphatic hydroxyl groups excluding tert-OH is 1. The predicted octanol–water partition coefficient (Wildman–Crippen LogP) is 2.32. The van der Waals surface area contributed by atoms with Gasteiger partial charge in [-0.25, -0.2) is 4.99 Å². The zero-order valence-corrected chi connectivity index (χ0v) is 30.5. The Labute approximate surface area is 285 Å². The number of cyclic esters (lactones) is 1. The molecule has 0 saturated carbocycles. The number of aliphatic hydroxyl groups is 2. The third-order valence-electron chi connectivity index (χ3n) is 10.8. The van der Waals surface area contributed by atoms with Gasteiger partial charge in [0.25, 0.3) is 0 Å². The number of carbonyl (C=O) groups excluding carboxylic acids is 3. The van der Waals surface area contributed by atoms with Gasteiger partial charge in [-0.15, -0.1) is 0 Å². The molecule has 3 unspecified atom stereocenters. The lowest BCUT2D eigenvalue weighted by molar-refractivity contribution is -0.297. The summed E-state index contributed by atoms with van der Waals surface area (Å²) in [5.74, 6) is -4.86. The summed E-state index contributed by atoms with van der Waals surface area (Å²) in [4.78, 5) is 46.9. The van der Waals surface area contributed by atoms with Crippen LogP contribution in [-0.2, 0) is 42.8 Å². The molecule has 0 aromatic rings. The molecule has 0 aromatic carbocycles. The molecule has 4 heterocycles. The number of esters is 1. The number of hydrogen-bond acceptors (Lipinski definition) is 12. The molecule has 2 N–H and O–H groups in total. The van der Waals surface area contributed by atoms with E-state index in [1.165, 1.54) is 13.8 Å². The molecule has 13 nitrogen and oxygen atoms in total. The van der Waals surface area contributed by atoms with Crippen LogP contribution < -0.4 is 0 Å². The van der Waals surface area contributed by atoms with Gasteiger partial charge in [-0.1, -0.05) is 27.7 Å². The number of fused-ring (bicyclic) bond motifs is 6. The maximum absolute atomic E-state index is 14.2. The number of epoxide rings is 1. The number of rotatable bonds is 4. The van der Waals surface area contributed by atoms with E-state index in [0.29, 0.717) is 12.1 Å². The highest BCUT2D eigenvalue weighted by Gasteiger charge is 2.54. The molecule has 0 spiro atoms. The third kappa shape index (κ3) is 8.20. The van der Waals surface area contributed by atoms with Crippen LogP contribution in [0, 0.1) is 23.7 Å². The Morgan fingerprint density at radius 2 is 1.69 bits per heavy atom. The summed E-state index contributed by atoms with van der Waals surface area (Å²) >= 11 is 0. The van der Waals surface area contributed by atoms with Crippen molar-refractivity contribution in [1.29, 1.82) is 0 Å². The SMILES string of the molecule is CC[C@H]1OC(=O)C(C)C(=O)[C@@H](C)[C@@H](O[C@@H]2O[C@H](C)C[C@H](N(C)C)[C@H]2O)[C@]2(C)C[C@@H](C)C(=NC(C)=O)[C@H](C)[C@@H](OCC3OC3CO2)[C@]1(C)O. The summed E-state index contributed by atoms with van der Waals surface area (Å²) in [7, 11) is 3.76. The predicted molar refractivity (Wildman–Crippen MR) is 175 cm³/mol. The van der Waals surface area contributed by atoms with Crippen molar-refractivity contribution in [2.45, 2.75) is 148 Å². The Morgan fingerprint density at radius 1 is 1.04 bits per heavy atom. The van der Waals surface area contributed by atoms with E-state index in [4.69, 9.17) is 28.4 Å². The van der Waals surface area contributed by atoms with Crippen molar-refractivity contribution in [2.24, 2.45) is 28.7 Å². The van der Waals surface area contributed by atoms with E-state index in [1.54, 1.807) is 20.8 Å². The number of nitrogens with zero attached hydrogens (tertiary/aromatic N) is 2. The maximum Gasteiger partial charge on any atom is 0.316 e. The van der Waals surface area contributed by atoms with Gasteiger partial charge in [-0.05, 0) is 67.0 Å². The number of ketones is 1. The minimum absolute atomic E-state index is 0.124. The van der Waals surface area contributed by atoms with E-state index in [1.807, 2.05) is 46.7 Å². The zero-order chi connectivity index (χ0) is 35.9. The first-order valence-corrected chi connectivity index (χ1v) is 17.4. The Morgan fingerprint density at radius 3 is 2.29 bits per heavy atom. The van der Waals surface area contributed by atoms with E-state index in [-0.39, 0.29) is 50.4 Å². The smallest absolute Gasteiger partial charge is 0.316 e. The van der Waals surface area contributed by atoms with Gasteiger partial charge in [-0.2, -0.15) is 0 Å². The first-order valence-electron chi connectivity index (χ1n) is 17.4. The molecule has 4 rings (SSSR count). The van der Waals surface area contributed by atoms with Gasteiger partial charge in [0.2, 0.25) is 5.91 Å². The van der Waals surface area contributed by atoms with Gasteiger partial charge in [0, 0.05) is 30.5 Å². The number of hydrogen-bond donors (Lipinski definition) is 2. The summed E-state index contributed by atoms with van der Waals surface area (Å²) in [6.07, 6.45) is -5.02. The number of carbonyl (C=O) groups is 3.